The van der Waals surface area contributed by atoms with Crippen molar-refractivity contribution in [1.82, 2.24) is 0 Å². The zero-order valence-corrected chi connectivity index (χ0v) is 9.04. The first-order chi connectivity index (χ1) is 6.67. The van der Waals surface area contributed by atoms with Crippen LogP contribution < -0.4 is 0 Å². The topological polar surface area (TPSA) is 44.8 Å². The third kappa shape index (κ3) is 2.25. The lowest BCUT2D eigenvalue weighted by atomic mass is 9.85. The van der Waals surface area contributed by atoms with Crippen LogP contribution in [-0.4, -0.2) is 33.1 Å². The Morgan fingerprint density at radius 2 is 1.64 bits per heavy atom. The van der Waals surface area contributed by atoms with E-state index in [1.807, 2.05) is 0 Å². The molecule has 1 aliphatic rings. The van der Waals surface area contributed by atoms with E-state index in [0.29, 0.717) is 0 Å². The molecule has 1 rings (SSSR count). The van der Waals surface area contributed by atoms with Crippen LogP contribution in [-0.2, 0) is 19.0 Å². The van der Waals surface area contributed by atoms with Gasteiger partial charge in [0.15, 0.2) is 5.79 Å². The molecule has 0 bridgehead atoms. The van der Waals surface area contributed by atoms with Crippen molar-refractivity contribution in [2.24, 2.45) is 5.92 Å². The van der Waals surface area contributed by atoms with Crippen molar-refractivity contribution in [1.29, 1.82) is 0 Å². The molecule has 82 valence electrons. The number of esters is 1. The number of methoxy groups -OCH3 is 3. The van der Waals surface area contributed by atoms with Gasteiger partial charge in [-0.15, -0.1) is 0 Å². The predicted octanol–water partition coefficient (Wildman–Crippen LogP) is 1.34. The minimum atomic E-state index is -0.482. The average molecular weight is 202 g/mol. The van der Waals surface area contributed by atoms with Crippen LogP contribution >= 0.6 is 0 Å². The Kier molecular flexibility index (Phi) is 3.89. The van der Waals surface area contributed by atoms with Crippen molar-refractivity contribution < 1.29 is 19.0 Å². The number of carbonyl (C=O) groups is 1. The molecule has 1 saturated carbocycles. The van der Waals surface area contributed by atoms with Gasteiger partial charge < -0.3 is 14.2 Å². The maximum atomic E-state index is 11.3. The highest BCUT2D eigenvalue weighted by molar-refractivity contribution is 5.72. The third-order valence-corrected chi connectivity index (χ3v) is 3.03. The Hall–Kier alpha value is -0.610. The van der Waals surface area contributed by atoms with Crippen LogP contribution in [0.3, 0.4) is 0 Å². The molecule has 0 aliphatic heterocycles. The van der Waals surface area contributed by atoms with Crippen molar-refractivity contribution >= 4 is 5.97 Å². The summed E-state index contributed by atoms with van der Waals surface area (Å²) in [7, 11) is 4.71. The molecule has 0 aromatic carbocycles. The van der Waals surface area contributed by atoms with Crippen LogP contribution in [0.15, 0.2) is 0 Å². The smallest absolute Gasteiger partial charge is 0.308 e. The molecular formula is C10H18O4. The van der Waals surface area contributed by atoms with Gasteiger partial charge >= 0.3 is 5.97 Å². The summed E-state index contributed by atoms with van der Waals surface area (Å²) >= 11 is 0. The highest BCUT2D eigenvalue weighted by Gasteiger charge is 2.37. The predicted molar refractivity (Wildman–Crippen MR) is 50.7 cm³/mol. The van der Waals surface area contributed by atoms with Gasteiger partial charge in [-0.25, -0.2) is 0 Å². The summed E-state index contributed by atoms with van der Waals surface area (Å²) in [6, 6.07) is 0. The second-order valence-corrected chi connectivity index (χ2v) is 3.62. The summed E-state index contributed by atoms with van der Waals surface area (Å²) in [6.07, 6.45) is 3.04. The van der Waals surface area contributed by atoms with E-state index >= 15 is 0 Å². The maximum Gasteiger partial charge on any atom is 0.308 e. The summed E-state index contributed by atoms with van der Waals surface area (Å²) in [5, 5.41) is 0. The van der Waals surface area contributed by atoms with E-state index in [9.17, 15) is 4.79 Å². The normalized spacial score (nSPS) is 21.9. The van der Waals surface area contributed by atoms with Crippen molar-refractivity contribution in [2.75, 3.05) is 21.3 Å². The van der Waals surface area contributed by atoms with Crippen molar-refractivity contribution in [2.45, 2.75) is 31.5 Å². The Labute approximate surface area is 84.5 Å². The standard InChI is InChI=1S/C10H18O4/c1-12-9(11)8-4-6-10(13-2,14-3)7-5-8/h8H,4-7H2,1-3H3. The van der Waals surface area contributed by atoms with E-state index < -0.39 is 5.79 Å². The number of hydrogen-bond acceptors (Lipinski definition) is 4. The first-order valence-corrected chi connectivity index (χ1v) is 4.85. The monoisotopic (exact) mass is 202 g/mol. The molecular weight excluding hydrogens is 184 g/mol. The Morgan fingerprint density at radius 3 is 2.00 bits per heavy atom. The number of rotatable bonds is 3. The molecule has 14 heavy (non-hydrogen) atoms. The Bertz CT molecular complexity index is 188. The second kappa shape index (κ2) is 4.75. The highest BCUT2D eigenvalue weighted by Crippen LogP contribution is 2.35. The first kappa shape index (κ1) is 11.5. The molecule has 1 fully saturated rings. The van der Waals surface area contributed by atoms with Crippen molar-refractivity contribution in [3.8, 4) is 0 Å². The molecule has 0 N–H and O–H groups in total. The van der Waals surface area contributed by atoms with Gasteiger partial charge in [0.1, 0.15) is 0 Å². The van der Waals surface area contributed by atoms with Crippen LogP contribution in [0.5, 0.6) is 0 Å². The zero-order chi connectivity index (χ0) is 10.6. The fourth-order valence-electron chi connectivity index (χ4n) is 1.95. The van der Waals surface area contributed by atoms with E-state index in [1.165, 1.54) is 7.11 Å². The Balaban J connectivity index is 2.48. The summed E-state index contributed by atoms with van der Waals surface area (Å²) in [5.41, 5.74) is 0. The van der Waals surface area contributed by atoms with Gasteiger partial charge in [0.25, 0.3) is 0 Å². The summed E-state index contributed by atoms with van der Waals surface area (Å²) < 4.78 is 15.3. The first-order valence-electron chi connectivity index (χ1n) is 4.85. The minimum Gasteiger partial charge on any atom is -0.469 e. The van der Waals surface area contributed by atoms with Gasteiger partial charge in [-0.3, -0.25) is 4.79 Å². The zero-order valence-electron chi connectivity index (χ0n) is 9.04. The summed E-state index contributed by atoms with van der Waals surface area (Å²) in [4.78, 5) is 11.3. The highest BCUT2D eigenvalue weighted by atomic mass is 16.7. The van der Waals surface area contributed by atoms with Gasteiger partial charge in [0.2, 0.25) is 0 Å². The number of carbonyl (C=O) groups excluding carboxylic acids is 1. The van der Waals surface area contributed by atoms with Gasteiger partial charge in [-0.2, -0.15) is 0 Å². The van der Waals surface area contributed by atoms with E-state index in [1.54, 1.807) is 14.2 Å². The van der Waals surface area contributed by atoms with Gasteiger partial charge in [-0.05, 0) is 12.8 Å². The lowest BCUT2D eigenvalue weighted by Crippen LogP contribution is -2.39. The second-order valence-electron chi connectivity index (χ2n) is 3.62. The van der Waals surface area contributed by atoms with E-state index in [0.717, 1.165) is 25.7 Å². The van der Waals surface area contributed by atoms with E-state index in [2.05, 4.69) is 0 Å². The molecule has 0 atom stereocenters. The van der Waals surface area contributed by atoms with Crippen LogP contribution in [0.1, 0.15) is 25.7 Å². The van der Waals surface area contributed by atoms with Crippen LogP contribution in [0.2, 0.25) is 0 Å². The molecule has 0 aromatic heterocycles. The van der Waals surface area contributed by atoms with Crippen molar-refractivity contribution in [3.05, 3.63) is 0 Å². The van der Waals surface area contributed by atoms with Gasteiger partial charge in [0.05, 0.1) is 13.0 Å². The van der Waals surface area contributed by atoms with Crippen LogP contribution in [0, 0.1) is 5.92 Å². The van der Waals surface area contributed by atoms with E-state index in [-0.39, 0.29) is 11.9 Å². The fourth-order valence-corrected chi connectivity index (χ4v) is 1.95. The average Bonchev–Trinajstić information content (AvgIpc) is 2.28. The van der Waals surface area contributed by atoms with Gasteiger partial charge in [-0.1, -0.05) is 0 Å². The Morgan fingerprint density at radius 1 is 1.14 bits per heavy atom. The fraction of sp³-hybridized carbons (Fsp3) is 0.900. The van der Waals surface area contributed by atoms with Crippen molar-refractivity contribution in [3.63, 3.8) is 0 Å². The minimum absolute atomic E-state index is 0.0124. The maximum absolute atomic E-state index is 11.3. The molecule has 4 heteroatoms. The van der Waals surface area contributed by atoms with E-state index in [4.69, 9.17) is 14.2 Å². The molecule has 0 unspecified atom stereocenters. The number of hydrogen-bond donors (Lipinski definition) is 0. The molecule has 0 amide bonds. The SMILES string of the molecule is COC(=O)C1CCC(OC)(OC)CC1. The molecule has 0 spiro atoms. The molecule has 0 radical (unpaired) electrons. The number of ether oxygens (including phenoxy) is 3. The largest absolute Gasteiger partial charge is 0.469 e. The molecule has 0 saturated heterocycles. The summed E-state index contributed by atoms with van der Waals surface area (Å²) in [6.45, 7) is 0. The summed E-state index contributed by atoms with van der Waals surface area (Å²) in [5.74, 6) is -0.589. The van der Waals surface area contributed by atoms with Gasteiger partial charge in [0, 0.05) is 27.1 Å². The lowest BCUT2D eigenvalue weighted by molar-refractivity contribution is -0.228. The molecule has 4 nitrogen and oxygen atoms in total. The third-order valence-electron chi connectivity index (χ3n) is 3.03. The molecule has 1 aliphatic carbocycles. The van der Waals surface area contributed by atoms with Crippen LogP contribution in [0.25, 0.3) is 0 Å². The quantitative estimate of drug-likeness (QED) is 0.511. The lowest BCUT2D eigenvalue weighted by Gasteiger charge is -2.36. The van der Waals surface area contributed by atoms with Crippen LogP contribution in [0.4, 0.5) is 0 Å². The molecule has 0 heterocycles. The molecule has 0 aromatic rings.